The third-order valence-electron chi connectivity index (χ3n) is 3.78. The number of fused-ring (bicyclic) bond motifs is 1. The van der Waals surface area contributed by atoms with Crippen molar-refractivity contribution in [3.63, 3.8) is 0 Å². The minimum Gasteiger partial charge on any atom is -0.497 e. The summed E-state index contributed by atoms with van der Waals surface area (Å²) in [7, 11) is 4.26. The predicted molar refractivity (Wildman–Crippen MR) is 89.0 cm³/mol. The molecule has 1 aliphatic rings. The van der Waals surface area contributed by atoms with Gasteiger partial charge >= 0.3 is 0 Å². The minimum atomic E-state index is 0.871. The third-order valence-corrected chi connectivity index (χ3v) is 4.09. The average Bonchev–Trinajstić information content (AvgIpc) is 2.53. The van der Waals surface area contributed by atoms with E-state index >= 15 is 0 Å². The maximum atomic E-state index is 5.29. The molecule has 0 fully saturated rings. The third kappa shape index (κ3) is 2.44. The smallest absolute Gasteiger partial charge is 0.120 e. The standard InChI is InChI=1S/C17H18NOP/c1-19-15-8-9-16(17(11-15)18-20)14-7-6-12-4-2-3-5-13(12)10-14/h2-5,8-11,18H,6-7,20H2,1H3. The van der Waals surface area contributed by atoms with Crippen molar-refractivity contribution in [2.24, 2.45) is 0 Å². The van der Waals surface area contributed by atoms with Crippen molar-refractivity contribution in [2.45, 2.75) is 12.8 Å². The molecule has 0 spiro atoms. The van der Waals surface area contributed by atoms with Crippen LogP contribution in [-0.4, -0.2) is 7.11 Å². The summed E-state index contributed by atoms with van der Waals surface area (Å²) >= 11 is 0. The van der Waals surface area contributed by atoms with Crippen molar-refractivity contribution < 1.29 is 4.74 Å². The zero-order valence-electron chi connectivity index (χ0n) is 11.5. The molecule has 3 rings (SSSR count). The van der Waals surface area contributed by atoms with Crippen LogP contribution in [0.15, 0.2) is 42.5 Å². The van der Waals surface area contributed by atoms with Gasteiger partial charge in [0.15, 0.2) is 0 Å². The molecule has 0 bridgehead atoms. The molecule has 0 heterocycles. The first kappa shape index (κ1) is 13.2. The van der Waals surface area contributed by atoms with Crippen LogP contribution < -0.4 is 9.82 Å². The highest BCUT2D eigenvalue weighted by Gasteiger charge is 2.14. The van der Waals surface area contributed by atoms with Gasteiger partial charge in [-0.3, -0.25) is 0 Å². The zero-order valence-corrected chi connectivity index (χ0v) is 12.7. The lowest BCUT2D eigenvalue weighted by Gasteiger charge is -2.19. The van der Waals surface area contributed by atoms with E-state index in [1.165, 1.54) is 22.3 Å². The number of benzene rings is 2. The number of methoxy groups -OCH3 is 1. The molecule has 0 saturated carbocycles. The molecule has 0 amide bonds. The van der Waals surface area contributed by atoms with E-state index in [0.717, 1.165) is 24.3 Å². The number of aryl methyl sites for hydroxylation is 1. The van der Waals surface area contributed by atoms with E-state index in [1.807, 2.05) is 12.1 Å². The van der Waals surface area contributed by atoms with Crippen molar-refractivity contribution in [1.82, 2.24) is 0 Å². The Morgan fingerprint density at radius 2 is 1.95 bits per heavy atom. The fourth-order valence-electron chi connectivity index (χ4n) is 2.69. The van der Waals surface area contributed by atoms with Crippen LogP contribution in [0.5, 0.6) is 5.75 Å². The van der Waals surface area contributed by atoms with Crippen LogP contribution in [0.4, 0.5) is 5.69 Å². The second kappa shape index (κ2) is 5.68. The van der Waals surface area contributed by atoms with Crippen LogP contribution in [-0.2, 0) is 6.42 Å². The van der Waals surface area contributed by atoms with Gasteiger partial charge < -0.3 is 9.82 Å². The first-order valence-corrected chi connectivity index (χ1v) is 7.33. The van der Waals surface area contributed by atoms with Crippen molar-refractivity contribution in [2.75, 3.05) is 12.2 Å². The molecular weight excluding hydrogens is 265 g/mol. The monoisotopic (exact) mass is 283 g/mol. The molecule has 3 heteroatoms. The first-order valence-electron chi connectivity index (χ1n) is 6.75. The summed E-state index contributed by atoms with van der Waals surface area (Å²) in [5, 5.41) is 3.19. The second-order valence-corrected chi connectivity index (χ2v) is 5.21. The van der Waals surface area contributed by atoms with Gasteiger partial charge in [0.1, 0.15) is 5.75 Å². The van der Waals surface area contributed by atoms with E-state index in [4.69, 9.17) is 4.74 Å². The first-order chi connectivity index (χ1) is 9.81. The molecular formula is C17H18NOP. The summed E-state index contributed by atoms with van der Waals surface area (Å²) in [6, 6.07) is 14.8. The van der Waals surface area contributed by atoms with Gasteiger partial charge in [-0.1, -0.05) is 30.3 Å². The normalized spacial score (nSPS) is 13.4. The largest absolute Gasteiger partial charge is 0.497 e. The summed E-state index contributed by atoms with van der Waals surface area (Å²) in [6.45, 7) is 0. The number of nitrogens with one attached hydrogen (secondary N) is 1. The topological polar surface area (TPSA) is 21.3 Å². The quantitative estimate of drug-likeness (QED) is 0.844. The van der Waals surface area contributed by atoms with Gasteiger partial charge in [0, 0.05) is 17.3 Å². The minimum absolute atomic E-state index is 0.871. The predicted octanol–water partition coefficient (Wildman–Crippen LogP) is 4.38. The molecule has 2 nitrogen and oxygen atoms in total. The van der Waals surface area contributed by atoms with Crippen LogP contribution in [0.3, 0.4) is 0 Å². The molecule has 0 radical (unpaired) electrons. The molecule has 1 atom stereocenters. The Labute approximate surface area is 122 Å². The Kier molecular flexibility index (Phi) is 3.75. The van der Waals surface area contributed by atoms with E-state index < -0.39 is 0 Å². The van der Waals surface area contributed by atoms with Crippen LogP contribution in [0.1, 0.15) is 23.1 Å². The molecule has 1 aliphatic carbocycles. The molecule has 0 aromatic heterocycles. The van der Waals surface area contributed by atoms with Crippen LogP contribution in [0.2, 0.25) is 0 Å². The number of anilines is 1. The Bertz CT molecular complexity index is 664. The molecule has 20 heavy (non-hydrogen) atoms. The SMILES string of the molecule is COc1ccc(C2=Cc3ccccc3CC2)c(NP)c1. The van der Waals surface area contributed by atoms with Crippen molar-refractivity contribution in [3.8, 4) is 5.75 Å². The van der Waals surface area contributed by atoms with Gasteiger partial charge in [-0.05, 0) is 51.1 Å². The van der Waals surface area contributed by atoms with Gasteiger partial charge in [-0.15, -0.1) is 0 Å². The summed E-state index contributed by atoms with van der Waals surface area (Å²) < 4.78 is 5.29. The molecule has 1 N–H and O–H groups in total. The summed E-state index contributed by atoms with van der Waals surface area (Å²) in [4.78, 5) is 0. The number of rotatable bonds is 3. The summed E-state index contributed by atoms with van der Waals surface area (Å²) in [5.74, 6) is 0.871. The maximum Gasteiger partial charge on any atom is 0.120 e. The van der Waals surface area contributed by atoms with Crippen LogP contribution in [0.25, 0.3) is 11.6 Å². The second-order valence-electron chi connectivity index (χ2n) is 4.92. The number of allylic oxidation sites excluding steroid dienone is 1. The van der Waals surface area contributed by atoms with E-state index in [0.29, 0.717) is 0 Å². The molecule has 102 valence electrons. The van der Waals surface area contributed by atoms with Gasteiger partial charge in [-0.2, -0.15) is 0 Å². The highest BCUT2D eigenvalue weighted by Crippen LogP contribution is 2.36. The zero-order chi connectivity index (χ0) is 13.9. The molecule has 0 saturated heterocycles. The number of ether oxygens (including phenoxy) is 1. The van der Waals surface area contributed by atoms with Crippen LogP contribution >= 0.6 is 9.39 Å². The van der Waals surface area contributed by atoms with Crippen LogP contribution in [0, 0.1) is 0 Å². The highest BCUT2D eigenvalue weighted by atomic mass is 31.0. The lowest BCUT2D eigenvalue weighted by Crippen LogP contribution is -2.00. The lowest BCUT2D eigenvalue weighted by molar-refractivity contribution is 0.415. The van der Waals surface area contributed by atoms with Crippen molar-refractivity contribution in [1.29, 1.82) is 0 Å². The number of hydrogen-bond donors (Lipinski definition) is 1. The molecule has 2 aromatic carbocycles. The number of hydrogen-bond acceptors (Lipinski definition) is 2. The Morgan fingerprint density at radius 3 is 2.75 bits per heavy atom. The van der Waals surface area contributed by atoms with Gasteiger partial charge in [-0.25, -0.2) is 0 Å². The maximum absolute atomic E-state index is 5.29. The van der Waals surface area contributed by atoms with Crippen molar-refractivity contribution >= 4 is 26.7 Å². The molecule has 0 aliphatic heterocycles. The van der Waals surface area contributed by atoms with E-state index in [1.54, 1.807) is 7.11 Å². The summed E-state index contributed by atoms with van der Waals surface area (Å²) in [6.07, 6.45) is 4.47. The molecule has 2 aromatic rings. The molecule has 1 unspecified atom stereocenters. The fraction of sp³-hybridized carbons (Fsp3) is 0.176. The van der Waals surface area contributed by atoms with E-state index in [2.05, 4.69) is 50.9 Å². The Balaban J connectivity index is 2.04. The Hall–Kier alpha value is -1.79. The van der Waals surface area contributed by atoms with Gasteiger partial charge in [0.25, 0.3) is 0 Å². The van der Waals surface area contributed by atoms with Gasteiger partial charge in [0.05, 0.1) is 7.11 Å². The van der Waals surface area contributed by atoms with E-state index in [-0.39, 0.29) is 0 Å². The highest BCUT2D eigenvalue weighted by molar-refractivity contribution is 7.18. The van der Waals surface area contributed by atoms with E-state index in [9.17, 15) is 0 Å². The average molecular weight is 283 g/mol. The summed E-state index contributed by atoms with van der Waals surface area (Å²) in [5.41, 5.74) is 6.47. The lowest BCUT2D eigenvalue weighted by atomic mass is 9.88. The fourth-order valence-corrected chi connectivity index (χ4v) is 2.93. The van der Waals surface area contributed by atoms with Crippen molar-refractivity contribution in [3.05, 3.63) is 59.2 Å². The Morgan fingerprint density at radius 1 is 1.10 bits per heavy atom. The van der Waals surface area contributed by atoms with Gasteiger partial charge in [0.2, 0.25) is 0 Å².